The largest absolute Gasteiger partial charge is 0.480 e. The van der Waals surface area contributed by atoms with Crippen molar-refractivity contribution in [3.63, 3.8) is 0 Å². The van der Waals surface area contributed by atoms with Crippen LogP contribution < -0.4 is 16.1 Å². The maximum atomic E-state index is 12.4. The lowest BCUT2D eigenvalue weighted by Crippen LogP contribution is -2.49. The molecule has 4 N–H and O–H groups in total. The van der Waals surface area contributed by atoms with Gasteiger partial charge in [0.15, 0.2) is 0 Å². The molecule has 0 spiro atoms. The van der Waals surface area contributed by atoms with Crippen LogP contribution in [0, 0.1) is 0 Å². The number of unbranched alkanes of at least 4 members (excludes halogenated alkanes) is 1. The zero-order valence-electron chi connectivity index (χ0n) is 21.9. The summed E-state index contributed by atoms with van der Waals surface area (Å²) < 4.78 is 0. The lowest BCUT2D eigenvalue weighted by atomic mass is 10.3. The molecule has 0 aliphatic carbocycles. The van der Waals surface area contributed by atoms with Crippen molar-refractivity contribution in [2.45, 2.75) is 19.8 Å². The molecule has 37 heavy (non-hydrogen) atoms. The van der Waals surface area contributed by atoms with Crippen LogP contribution in [0.15, 0.2) is 0 Å². The standard InChI is InChI=1S/C23H43N7O7/c1-2-3-4-24-23(36)25-5-18-37-26-21(33)19-29-10-8-27(14-16-31)6-7-28(15-17-32)9-11-30(13-12-29)20-22(34)35/h16-17H,2-15,18-20H2,1H3,(H,26,33)(H,34,35)(H2,24,25,36). The summed E-state index contributed by atoms with van der Waals surface area (Å²) in [4.78, 5) is 70.3. The van der Waals surface area contributed by atoms with Crippen molar-refractivity contribution in [1.29, 1.82) is 0 Å². The monoisotopic (exact) mass is 529 g/mol. The molecule has 1 aliphatic rings. The Balaban J connectivity index is 2.60. The molecule has 1 heterocycles. The number of nitrogens with zero attached hydrogens (tertiary/aromatic N) is 4. The van der Waals surface area contributed by atoms with Gasteiger partial charge in [0.05, 0.1) is 32.8 Å². The first kappa shape index (κ1) is 32.4. The Kier molecular flexibility index (Phi) is 17.9. The summed E-state index contributed by atoms with van der Waals surface area (Å²) in [6.07, 6.45) is 3.53. The number of carboxylic acids is 1. The van der Waals surface area contributed by atoms with Crippen molar-refractivity contribution in [2.75, 3.05) is 98.2 Å². The number of rotatable bonds is 15. The minimum Gasteiger partial charge on any atom is -0.480 e. The second kappa shape index (κ2) is 20.4. The molecular weight excluding hydrogens is 486 g/mol. The third-order valence-corrected chi connectivity index (χ3v) is 5.81. The van der Waals surface area contributed by atoms with Crippen molar-refractivity contribution < 1.29 is 33.9 Å². The van der Waals surface area contributed by atoms with Crippen LogP contribution in [0.2, 0.25) is 0 Å². The van der Waals surface area contributed by atoms with Gasteiger partial charge in [0, 0.05) is 65.4 Å². The summed E-state index contributed by atoms with van der Waals surface area (Å²) in [5, 5.41) is 14.6. The van der Waals surface area contributed by atoms with Gasteiger partial charge in [0.1, 0.15) is 12.6 Å². The summed E-state index contributed by atoms with van der Waals surface area (Å²) in [5.41, 5.74) is 2.37. The number of aliphatic carboxylic acids is 1. The first-order valence-corrected chi connectivity index (χ1v) is 12.8. The number of amides is 3. The number of carbonyl (C=O) groups excluding carboxylic acids is 4. The first-order valence-electron chi connectivity index (χ1n) is 12.8. The molecule has 0 aromatic heterocycles. The molecule has 14 nitrogen and oxygen atoms in total. The van der Waals surface area contributed by atoms with Crippen LogP contribution in [0.5, 0.6) is 0 Å². The SMILES string of the molecule is CCCCNC(=O)NCCONC(=O)CN1CCN(CC=O)CCN(CC=O)CCN(CC(=O)O)CC1. The van der Waals surface area contributed by atoms with Gasteiger partial charge in [-0.3, -0.25) is 34.0 Å². The predicted octanol–water partition coefficient (Wildman–Crippen LogP) is -2.16. The van der Waals surface area contributed by atoms with Gasteiger partial charge in [0.25, 0.3) is 5.91 Å². The van der Waals surface area contributed by atoms with Crippen molar-refractivity contribution in [3.8, 4) is 0 Å². The van der Waals surface area contributed by atoms with E-state index in [-0.39, 0.29) is 51.3 Å². The van der Waals surface area contributed by atoms with Crippen LogP contribution >= 0.6 is 0 Å². The van der Waals surface area contributed by atoms with Crippen LogP contribution in [0.1, 0.15) is 19.8 Å². The minimum absolute atomic E-state index is 0.0258. The smallest absolute Gasteiger partial charge is 0.317 e. The molecule has 212 valence electrons. The van der Waals surface area contributed by atoms with E-state index in [2.05, 4.69) is 16.1 Å². The molecule has 0 bridgehead atoms. The Bertz CT molecular complexity index is 698. The highest BCUT2D eigenvalue weighted by atomic mass is 16.7. The normalized spacial score (nSPS) is 17.2. The number of carboxylic acid groups (broad SMARTS) is 1. The van der Waals surface area contributed by atoms with Crippen LogP contribution in [0.3, 0.4) is 0 Å². The van der Waals surface area contributed by atoms with Crippen LogP contribution in [-0.2, 0) is 24.0 Å². The molecule has 0 saturated carbocycles. The number of nitrogens with one attached hydrogen (secondary N) is 3. The lowest BCUT2D eigenvalue weighted by molar-refractivity contribution is -0.139. The number of aldehydes is 2. The highest BCUT2D eigenvalue weighted by molar-refractivity contribution is 5.77. The predicted molar refractivity (Wildman–Crippen MR) is 136 cm³/mol. The molecular formula is C23H43N7O7. The number of carbonyl (C=O) groups is 5. The molecule has 1 saturated heterocycles. The first-order chi connectivity index (χ1) is 17.9. The molecule has 0 aromatic carbocycles. The van der Waals surface area contributed by atoms with E-state index in [1.807, 2.05) is 21.6 Å². The number of urea groups is 1. The highest BCUT2D eigenvalue weighted by Gasteiger charge is 2.19. The zero-order valence-corrected chi connectivity index (χ0v) is 21.9. The Hall–Kier alpha value is -2.65. The molecule has 1 fully saturated rings. The fourth-order valence-electron chi connectivity index (χ4n) is 3.69. The van der Waals surface area contributed by atoms with E-state index in [0.29, 0.717) is 58.9 Å². The van der Waals surface area contributed by atoms with Crippen molar-refractivity contribution in [1.82, 2.24) is 35.7 Å². The van der Waals surface area contributed by atoms with Crippen LogP contribution in [0.25, 0.3) is 0 Å². The van der Waals surface area contributed by atoms with E-state index in [9.17, 15) is 29.1 Å². The molecule has 1 rings (SSSR count). The van der Waals surface area contributed by atoms with Gasteiger partial charge in [-0.05, 0) is 6.42 Å². The molecule has 1 aliphatic heterocycles. The van der Waals surface area contributed by atoms with Gasteiger partial charge in [0.2, 0.25) is 0 Å². The number of hydrogen-bond donors (Lipinski definition) is 4. The van der Waals surface area contributed by atoms with Gasteiger partial charge in [-0.15, -0.1) is 0 Å². The molecule has 0 unspecified atom stereocenters. The van der Waals surface area contributed by atoms with Gasteiger partial charge >= 0.3 is 12.0 Å². The molecule has 3 amide bonds. The van der Waals surface area contributed by atoms with E-state index in [1.165, 1.54) is 0 Å². The Morgan fingerprint density at radius 3 is 1.76 bits per heavy atom. The van der Waals surface area contributed by atoms with Gasteiger partial charge in [-0.25, -0.2) is 10.3 Å². The van der Waals surface area contributed by atoms with E-state index in [0.717, 1.165) is 25.4 Å². The fourth-order valence-corrected chi connectivity index (χ4v) is 3.69. The van der Waals surface area contributed by atoms with Crippen molar-refractivity contribution in [2.24, 2.45) is 0 Å². The highest BCUT2D eigenvalue weighted by Crippen LogP contribution is 2.00. The molecule has 0 aromatic rings. The minimum atomic E-state index is -0.948. The number of hydroxylamine groups is 1. The van der Waals surface area contributed by atoms with Crippen molar-refractivity contribution in [3.05, 3.63) is 0 Å². The van der Waals surface area contributed by atoms with E-state index in [4.69, 9.17) is 4.84 Å². The van der Waals surface area contributed by atoms with Gasteiger partial charge < -0.3 is 25.3 Å². The summed E-state index contributed by atoms with van der Waals surface area (Å²) in [6, 6.07) is -0.289. The van der Waals surface area contributed by atoms with Gasteiger partial charge in [-0.1, -0.05) is 13.3 Å². The fraction of sp³-hybridized carbons (Fsp3) is 0.783. The van der Waals surface area contributed by atoms with Crippen LogP contribution in [0.4, 0.5) is 4.79 Å². The maximum absolute atomic E-state index is 12.4. The van der Waals surface area contributed by atoms with Gasteiger partial charge in [-0.2, -0.15) is 0 Å². The number of hydrogen-bond acceptors (Lipinski definition) is 10. The lowest BCUT2D eigenvalue weighted by Gasteiger charge is -2.32. The Morgan fingerprint density at radius 1 is 0.784 bits per heavy atom. The topological polar surface area (TPSA) is 164 Å². The molecule has 14 heteroatoms. The summed E-state index contributed by atoms with van der Waals surface area (Å²) in [5.74, 6) is -1.32. The Morgan fingerprint density at radius 2 is 1.27 bits per heavy atom. The summed E-state index contributed by atoms with van der Waals surface area (Å²) in [7, 11) is 0. The molecule has 0 radical (unpaired) electrons. The third kappa shape index (κ3) is 16.7. The maximum Gasteiger partial charge on any atom is 0.317 e. The Labute approximate surface area is 218 Å². The van der Waals surface area contributed by atoms with E-state index < -0.39 is 5.97 Å². The van der Waals surface area contributed by atoms with Crippen molar-refractivity contribution >= 4 is 30.5 Å². The molecule has 0 atom stereocenters. The quantitative estimate of drug-likeness (QED) is 0.104. The summed E-state index contributed by atoms with van der Waals surface area (Å²) in [6.45, 7) is 7.27. The van der Waals surface area contributed by atoms with E-state index in [1.54, 1.807) is 4.90 Å². The third-order valence-electron chi connectivity index (χ3n) is 5.81. The zero-order chi connectivity index (χ0) is 27.3. The average Bonchev–Trinajstić information content (AvgIpc) is 2.85. The average molecular weight is 530 g/mol. The summed E-state index contributed by atoms with van der Waals surface area (Å²) >= 11 is 0. The second-order valence-electron chi connectivity index (χ2n) is 8.79. The van der Waals surface area contributed by atoms with Crippen LogP contribution in [-0.4, -0.2) is 153 Å². The second-order valence-corrected chi connectivity index (χ2v) is 8.79. The van der Waals surface area contributed by atoms with E-state index >= 15 is 0 Å².